The largest absolute Gasteiger partial charge is 0.508 e. The molecule has 26 heavy (non-hydrogen) atoms. The molecule has 0 saturated carbocycles. The Morgan fingerprint density at radius 2 is 1.77 bits per heavy atom. The van der Waals surface area contributed by atoms with E-state index in [1.54, 1.807) is 6.07 Å². The standard InChI is InChI=1S/C24H28O2/c1-16(2)21-12-9-17(3)13-22(21)24-19(14-20(25)15-23(24)26)11-10-18-7-5-4-6-8-18/h4-8,10-11,13-16,21-22,25-26H,9,12H2,1-3H3/b11-10+. The number of phenols is 2. The van der Waals surface area contributed by atoms with Gasteiger partial charge in [-0.2, -0.15) is 0 Å². The monoisotopic (exact) mass is 348 g/mol. The lowest BCUT2D eigenvalue weighted by Gasteiger charge is -2.34. The summed E-state index contributed by atoms with van der Waals surface area (Å²) in [6, 6.07) is 13.3. The van der Waals surface area contributed by atoms with Gasteiger partial charge >= 0.3 is 0 Å². The SMILES string of the molecule is CC1=CC(c2c(O)cc(O)cc2/C=C/c2ccccc2)C(C(C)C)CC1. The summed E-state index contributed by atoms with van der Waals surface area (Å²) in [7, 11) is 0. The molecule has 0 amide bonds. The molecule has 1 aliphatic carbocycles. The van der Waals surface area contributed by atoms with E-state index in [1.165, 1.54) is 11.6 Å². The molecule has 3 rings (SSSR count). The van der Waals surface area contributed by atoms with E-state index in [0.29, 0.717) is 11.8 Å². The van der Waals surface area contributed by atoms with Crippen LogP contribution in [0.15, 0.2) is 54.1 Å². The molecular formula is C24H28O2. The Kier molecular flexibility index (Phi) is 5.51. The first-order valence-electron chi connectivity index (χ1n) is 9.42. The number of hydrogen-bond donors (Lipinski definition) is 2. The van der Waals surface area contributed by atoms with Gasteiger partial charge in [0.1, 0.15) is 11.5 Å². The van der Waals surface area contributed by atoms with Crippen LogP contribution < -0.4 is 0 Å². The number of phenolic OH excluding ortho intramolecular Hbond substituents is 2. The molecule has 0 aromatic heterocycles. The summed E-state index contributed by atoms with van der Waals surface area (Å²) in [4.78, 5) is 0. The van der Waals surface area contributed by atoms with Crippen molar-refractivity contribution in [1.82, 2.24) is 0 Å². The Hall–Kier alpha value is -2.48. The van der Waals surface area contributed by atoms with Crippen LogP contribution in [0.5, 0.6) is 11.5 Å². The molecular weight excluding hydrogens is 320 g/mol. The van der Waals surface area contributed by atoms with Gasteiger partial charge in [0, 0.05) is 17.5 Å². The fourth-order valence-electron chi connectivity index (χ4n) is 4.03. The Bertz CT molecular complexity index is 816. The minimum absolute atomic E-state index is 0.0940. The molecule has 2 aromatic rings. The van der Waals surface area contributed by atoms with Gasteiger partial charge in [-0.1, -0.05) is 68.0 Å². The molecule has 2 atom stereocenters. The summed E-state index contributed by atoms with van der Waals surface area (Å²) < 4.78 is 0. The highest BCUT2D eigenvalue weighted by Crippen LogP contribution is 2.45. The molecule has 0 heterocycles. The molecule has 136 valence electrons. The number of rotatable bonds is 4. The minimum Gasteiger partial charge on any atom is -0.508 e. The molecule has 0 fully saturated rings. The fourth-order valence-corrected chi connectivity index (χ4v) is 4.03. The highest BCUT2D eigenvalue weighted by molar-refractivity contribution is 5.74. The van der Waals surface area contributed by atoms with Crippen LogP contribution >= 0.6 is 0 Å². The zero-order valence-electron chi connectivity index (χ0n) is 15.8. The van der Waals surface area contributed by atoms with E-state index in [1.807, 2.05) is 42.5 Å². The number of benzene rings is 2. The second-order valence-corrected chi connectivity index (χ2v) is 7.70. The summed E-state index contributed by atoms with van der Waals surface area (Å²) in [5.74, 6) is 1.46. The zero-order chi connectivity index (χ0) is 18.7. The topological polar surface area (TPSA) is 40.5 Å². The van der Waals surface area contributed by atoms with Crippen molar-refractivity contribution in [2.24, 2.45) is 11.8 Å². The van der Waals surface area contributed by atoms with Crippen LogP contribution in [0.1, 0.15) is 56.2 Å². The molecule has 2 nitrogen and oxygen atoms in total. The molecule has 0 aliphatic heterocycles. The summed E-state index contributed by atoms with van der Waals surface area (Å²) in [5, 5.41) is 20.7. The van der Waals surface area contributed by atoms with Gasteiger partial charge in [-0.05, 0) is 48.8 Å². The normalized spacial score (nSPS) is 20.5. The average Bonchev–Trinajstić information content (AvgIpc) is 2.60. The first-order valence-corrected chi connectivity index (χ1v) is 9.42. The third kappa shape index (κ3) is 4.01. The van der Waals surface area contributed by atoms with Crippen molar-refractivity contribution in [1.29, 1.82) is 0 Å². The van der Waals surface area contributed by atoms with E-state index in [4.69, 9.17) is 0 Å². The van der Waals surface area contributed by atoms with Crippen molar-refractivity contribution in [3.63, 3.8) is 0 Å². The van der Waals surface area contributed by atoms with Gasteiger partial charge < -0.3 is 10.2 Å². The molecule has 0 bridgehead atoms. The van der Waals surface area contributed by atoms with E-state index < -0.39 is 0 Å². The van der Waals surface area contributed by atoms with E-state index >= 15 is 0 Å². The molecule has 2 aromatic carbocycles. The third-order valence-electron chi connectivity index (χ3n) is 5.42. The first-order chi connectivity index (χ1) is 12.5. The van der Waals surface area contributed by atoms with E-state index in [0.717, 1.165) is 29.5 Å². The number of allylic oxidation sites excluding steroid dienone is 2. The van der Waals surface area contributed by atoms with Crippen LogP contribution in [0.4, 0.5) is 0 Å². The summed E-state index contributed by atoms with van der Waals surface area (Å²) in [6.45, 7) is 6.67. The lowest BCUT2D eigenvalue weighted by molar-refractivity contribution is 0.309. The molecule has 0 radical (unpaired) electrons. The molecule has 0 spiro atoms. The number of hydrogen-bond acceptors (Lipinski definition) is 2. The van der Waals surface area contributed by atoms with Gasteiger partial charge in [0.05, 0.1) is 0 Å². The Balaban J connectivity index is 2.08. The van der Waals surface area contributed by atoms with Crippen molar-refractivity contribution in [2.75, 3.05) is 0 Å². The second kappa shape index (κ2) is 7.82. The van der Waals surface area contributed by atoms with Crippen LogP contribution in [0.3, 0.4) is 0 Å². The smallest absolute Gasteiger partial charge is 0.123 e. The quantitative estimate of drug-likeness (QED) is 0.498. The second-order valence-electron chi connectivity index (χ2n) is 7.70. The Morgan fingerprint density at radius 3 is 2.46 bits per heavy atom. The summed E-state index contributed by atoms with van der Waals surface area (Å²) in [6.07, 6.45) is 8.58. The minimum atomic E-state index is 0.0940. The van der Waals surface area contributed by atoms with Gasteiger partial charge in [-0.3, -0.25) is 0 Å². The van der Waals surface area contributed by atoms with E-state index in [-0.39, 0.29) is 17.4 Å². The number of aromatic hydroxyl groups is 2. The average molecular weight is 348 g/mol. The van der Waals surface area contributed by atoms with Crippen LogP contribution in [0.25, 0.3) is 12.2 Å². The van der Waals surface area contributed by atoms with Gasteiger partial charge in [-0.15, -0.1) is 0 Å². The van der Waals surface area contributed by atoms with Gasteiger partial charge in [0.15, 0.2) is 0 Å². The van der Waals surface area contributed by atoms with Crippen molar-refractivity contribution in [3.8, 4) is 11.5 Å². The third-order valence-corrected chi connectivity index (χ3v) is 5.42. The van der Waals surface area contributed by atoms with Gasteiger partial charge in [-0.25, -0.2) is 0 Å². The lowest BCUT2D eigenvalue weighted by Crippen LogP contribution is -2.21. The van der Waals surface area contributed by atoms with Crippen molar-refractivity contribution in [3.05, 3.63) is 70.8 Å². The maximum absolute atomic E-state index is 10.7. The lowest BCUT2D eigenvalue weighted by atomic mass is 9.71. The predicted octanol–water partition coefficient (Wildman–Crippen LogP) is 6.36. The molecule has 0 saturated heterocycles. The van der Waals surface area contributed by atoms with Gasteiger partial charge in [0.25, 0.3) is 0 Å². The van der Waals surface area contributed by atoms with E-state index in [9.17, 15) is 10.2 Å². The van der Waals surface area contributed by atoms with E-state index in [2.05, 4.69) is 26.8 Å². The highest BCUT2D eigenvalue weighted by Gasteiger charge is 2.30. The Labute approximate surface area is 156 Å². The first kappa shape index (κ1) is 18.3. The maximum Gasteiger partial charge on any atom is 0.123 e. The van der Waals surface area contributed by atoms with Crippen LogP contribution in [0.2, 0.25) is 0 Å². The predicted molar refractivity (Wildman–Crippen MR) is 109 cm³/mol. The summed E-state index contributed by atoms with van der Waals surface area (Å²) >= 11 is 0. The van der Waals surface area contributed by atoms with Crippen LogP contribution in [0, 0.1) is 11.8 Å². The van der Waals surface area contributed by atoms with Gasteiger partial charge in [0.2, 0.25) is 0 Å². The fraction of sp³-hybridized carbons (Fsp3) is 0.333. The van der Waals surface area contributed by atoms with Crippen molar-refractivity contribution in [2.45, 2.75) is 39.5 Å². The van der Waals surface area contributed by atoms with Crippen LogP contribution in [-0.4, -0.2) is 10.2 Å². The van der Waals surface area contributed by atoms with Crippen molar-refractivity contribution >= 4 is 12.2 Å². The van der Waals surface area contributed by atoms with Crippen molar-refractivity contribution < 1.29 is 10.2 Å². The molecule has 2 N–H and O–H groups in total. The zero-order valence-corrected chi connectivity index (χ0v) is 15.8. The molecule has 2 unspecified atom stereocenters. The molecule has 2 heteroatoms. The molecule has 1 aliphatic rings. The maximum atomic E-state index is 10.7. The van der Waals surface area contributed by atoms with Crippen LogP contribution in [-0.2, 0) is 0 Å². The summed E-state index contributed by atoms with van der Waals surface area (Å²) in [5.41, 5.74) is 4.27. The highest BCUT2D eigenvalue weighted by atomic mass is 16.3. The Morgan fingerprint density at radius 1 is 1.04 bits per heavy atom.